The van der Waals surface area contributed by atoms with Crippen molar-refractivity contribution in [3.63, 3.8) is 0 Å². The van der Waals surface area contributed by atoms with Crippen LogP contribution in [0.3, 0.4) is 0 Å². The number of halogens is 1. The van der Waals surface area contributed by atoms with Gasteiger partial charge in [0.1, 0.15) is 11.4 Å². The molecule has 0 radical (unpaired) electrons. The zero-order valence-electron chi connectivity index (χ0n) is 16.0. The lowest BCUT2D eigenvalue weighted by atomic mass is 10.2. The summed E-state index contributed by atoms with van der Waals surface area (Å²) in [7, 11) is 3.37. The Morgan fingerprint density at radius 1 is 1.21 bits per heavy atom. The van der Waals surface area contributed by atoms with Crippen LogP contribution in [0.1, 0.15) is 16.2 Å². The summed E-state index contributed by atoms with van der Waals surface area (Å²) in [6.45, 7) is 0.463. The number of aromatic amines is 1. The average molecular weight is 411 g/mol. The largest absolute Gasteiger partial charge is 0.497 e. The number of nitrogens with zero attached hydrogens (tertiary/aromatic N) is 3. The first-order chi connectivity index (χ1) is 14.0. The van der Waals surface area contributed by atoms with Crippen molar-refractivity contribution in [1.82, 2.24) is 20.0 Å². The van der Waals surface area contributed by atoms with Crippen LogP contribution in [0.15, 0.2) is 53.1 Å². The van der Waals surface area contributed by atoms with E-state index in [9.17, 15) is 4.79 Å². The van der Waals surface area contributed by atoms with Gasteiger partial charge in [-0.2, -0.15) is 4.98 Å². The molecular formula is C21H19ClN4O3. The number of hydrogen-bond acceptors (Lipinski definition) is 5. The van der Waals surface area contributed by atoms with Crippen LogP contribution in [0.2, 0.25) is 5.02 Å². The van der Waals surface area contributed by atoms with Gasteiger partial charge in [0.15, 0.2) is 5.82 Å². The fourth-order valence-electron chi connectivity index (χ4n) is 3.00. The summed E-state index contributed by atoms with van der Waals surface area (Å²) in [5.41, 5.74) is 2.24. The molecule has 0 bridgehead atoms. The Morgan fingerprint density at radius 3 is 2.76 bits per heavy atom. The van der Waals surface area contributed by atoms with Crippen LogP contribution in [0.5, 0.6) is 5.75 Å². The minimum Gasteiger partial charge on any atom is -0.497 e. The van der Waals surface area contributed by atoms with Crippen molar-refractivity contribution < 1.29 is 14.1 Å². The van der Waals surface area contributed by atoms with E-state index in [4.69, 9.17) is 20.9 Å². The van der Waals surface area contributed by atoms with Gasteiger partial charge >= 0.3 is 0 Å². The fraction of sp³-hybridized carbons (Fsp3) is 0.190. The van der Waals surface area contributed by atoms with E-state index in [0.29, 0.717) is 35.3 Å². The second-order valence-corrected chi connectivity index (χ2v) is 7.07. The van der Waals surface area contributed by atoms with Crippen molar-refractivity contribution in [2.45, 2.75) is 6.42 Å². The molecule has 0 aliphatic rings. The Labute approximate surface area is 172 Å². The Hall–Kier alpha value is -3.32. The van der Waals surface area contributed by atoms with E-state index in [1.807, 2.05) is 24.3 Å². The Kier molecular flexibility index (Phi) is 5.22. The number of methoxy groups -OCH3 is 1. The minimum absolute atomic E-state index is 0.0880. The highest BCUT2D eigenvalue weighted by atomic mass is 35.5. The third-order valence-corrected chi connectivity index (χ3v) is 4.89. The summed E-state index contributed by atoms with van der Waals surface area (Å²) >= 11 is 5.87. The van der Waals surface area contributed by atoms with Crippen LogP contribution in [0.25, 0.3) is 22.5 Å². The predicted molar refractivity (Wildman–Crippen MR) is 110 cm³/mol. The van der Waals surface area contributed by atoms with E-state index in [1.54, 1.807) is 43.3 Å². The third kappa shape index (κ3) is 4.09. The number of amides is 1. The quantitative estimate of drug-likeness (QED) is 0.515. The first-order valence-electron chi connectivity index (χ1n) is 9.04. The summed E-state index contributed by atoms with van der Waals surface area (Å²) in [5.74, 6) is 1.62. The molecule has 4 rings (SSSR count). The summed E-state index contributed by atoms with van der Waals surface area (Å²) in [5, 5.41) is 5.64. The Balaban J connectivity index is 1.42. The van der Waals surface area contributed by atoms with Crippen molar-refractivity contribution >= 4 is 28.4 Å². The van der Waals surface area contributed by atoms with Crippen LogP contribution < -0.4 is 4.74 Å². The second-order valence-electron chi connectivity index (χ2n) is 6.64. The number of carbonyl (C=O) groups excluding carboxylic acids is 1. The molecule has 2 aromatic heterocycles. The van der Waals surface area contributed by atoms with Gasteiger partial charge in [-0.3, -0.25) is 4.79 Å². The summed E-state index contributed by atoms with van der Waals surface area (Å²) in [4.78, 5) is 21.8. The normalized spacial score (nSPS) is 11.0. The number of H-pyrrole nitrogens is 1. The van der Waals surface area contributed by atoms with Gasteiger partial charge in [-0.05, 0) is 42.5 Å². The first-order valence-corrected chi connectivity index (χ1v) is 9.42. The van der Waals surface area contributed by atoms with Crippen LogP contribution in [0.4, 0.5) is 0 Å². The summed E-state index contributed by atoms with van der Waals surface area (Å²) in [6.07, 6.45) is 0.480. The molecule has 8 heteroatoms. The molecule has 0 saturated carbocycles. The van der Waals surface area contributed by atoms with Gasteiger partial charge in [0.05, 0.1) is 7.11 Å². The van der Waals surface area contributed by atoms with Crippen LogP contribution in [-0.4, -0.2) is 46.6 Å². The van der Waals surface area contributed by atoms with Crippen LogP contribution in [0, 0.1) is 0 Å². The molecule has 29 heavy (non-hydrogen) atoms. The van der Waals surface area contributed by atoms with E-state index in [2.05, 4.69) is 15.1 Å². The maximum absolute atomic E-state index is 12.5. The molecule has 1 N–H and O–H groups in total. The Bertz CT molecular complexity index is 1150. The number of benzene rings is 2. The van der Waals surface area contributed by atoms with Crippen molar-refractivity contribution in [2.75, 3.05) is 20.7 Å². The number of carbonyl (C=O) groups is 1. The number of fused-ring (bicyclic) bond motifs is 1. The fourth-order valence-corrected chi connectivity index (χ4v) is 3.12. The molecule has 1 amide bonds. The summed E-state index contributed by atoms with van der Waals surface area (Å²) in [6, 6.07) is 14.5. The van der Waals surface area contributed by atoms with E-state index < -0.39 is 0 Å². The van der Waals surface area contributed by atoms with E-state index >= 15 is 0 Å². The van der Waals surface area contributed by atoms with Gasteiger partial charge < -0.3 is 19.1 Å². The zero-order chi connectivity index (χ0) is 20.4. The average Bonchev–Trinajstić information content (AvgIpc) is 3.38. The molecule has 0 saturated heterocycles. The van der Waals surface area contributed by atoms with Gasteiger partial charge in [0.2, 0.25) is 0 Å². The smallest absolute Gasteiger partial charge is 0.274 e. The van der Waals surface area contributed by atoms with Gasteiger partial charge in [-0.25, -0.2) is 0 Å². The number of rotatable bonds is 6. The van der Waals surface area contributed by atoms with Gasteiger partial charge in [-0.15, -0.1) is 0 Å². The lowest BCUT2D eigenvalue weighted by Gasteiger charge is -2.16. The molecule has 0 fully saturated rings. The molecular weight excluding hydrogens is 392 g/mol. The molecule has 2 aromatic carbocycles. The maximum Gasteiger partial charge on any atom is 0.274 e. The highest BCUT2D eigenvalue weighted by Gasteiger charge is 2.15. The van der Waals surface area contributed by atoms with Crippen molar-refractivity contribution in [3.8, 4) is 17.3 Å². The standard InChI is InChI=1S/C21H19ClN4O3/c1-26(21(27)13-3-6-15(22)7-4-13)10-9-19-24-20(29-25-19)18-11-14-5-8-16(28-2)12-17(14)23-18/h3-8,11-12,23H,9-10H2,1-2H3. The maximum atomic E-state index is 12.5. The number of nitrogens with one attached hydrogen (secondary N) is 1. The summed E-state index contributed by atoms with van der Waals surface area (Å²) < 4.78 is 10.6. The van der Waals surface area contributed by atoms with E-state index in [-0.39, 0.29) is 5.91 Å². The van der Waals surface area contributed by atoms with Crippen LogP contribution in [-0.2, 0) is 6.42 Å². The lowest BCUT2D eigenvalue weighted by Crippen LogP contribution is -2.29. The van der Waals surface area contributed by atoms with Crippen molar-refractivity contribution in [3.05, 3.63) is 64.9 Å². The first kappa shape index (κ1) is 19.0. The second kappa shape index (κ2) is 7.97. The Morgan fingerprint density at radius 2 is 2.00 bits per heavy atom. The number of aromatic nitrogens is 3. The molecule has 0 aliphatic carbocycles. The molecule has 7 nitrogen and oxygen atoms in total. The van der Waals surface area contributed by atoms with E-state index in [0.717, 1.165) is 22.3 Å². The molecule has 0 aliphatic heterocycles. The molecule has 0 spiro atoms. The number of hydrogen-bond donors (Lipinski definition) is 1. The molecule has 0 unspecified atom stereocenters. The number of ether oxygens (including phenoxy) is 1. The monoisotopic (exact) mass is 410 g/mol. The lowest BCUT2D eigenvalue weighted by molar-refractivity contribution is 0.0796. The highest BCUT2D eigenvalue weighted by molar-refractivity contribution is 6.30. The number of likely N-dealkylation sites (N-methyl/N-ethyl adjacent to an activating group) is 1. The molecule has 0 atom stereocenters. The molecule has 2 heterocycles. The SMILES string of the molecule is COc1ccc2cc(-c3nc(CCN(C)C(=O)c4ccc(Cl)cc4)no3)[nH]c2c1. The molecule has 4 aromatic rings. The van der Waals surface area contributed by atoms with Gasteiger partial charge in [-0.1, -0.05) is 16.8 Å². The van der Waals surface area contributed by atoms with Crippen molar-refractivity contribution in [1.29, 1.82) is 0 Å². The van der Waals surface area contributed by atoms with Crippen molar-refractivity contribution in [2.24, 2.45) is 0 Å². The zero-order valence-corrected chi connectivity index (χ0v) is 16.7. The third-order valence-electron chi connectivity index (χ3n) is 4.64. The van der Waals surface area contributed by atoms with Gasteiger partial charge in [0.25, 0.3) is 11.8 Å². The van der Waals surface area contributed by atoms with Crippen LogP contribution >= 0.6 is 11.6 Å². The van der Waals surface area contributed by atoms with E-state index in [1.165, 1.54) is 0 Å². The predicted octanol–water partition coefficient (Wildman–Crippen LogP) is 4.19. The van der Waals surface area contributed by atoms with Gasteiger partial charge in [0, 0.05) is 47.6 Å². The minimum atomic E-state index is -0.0880. The molecule has 148 valence electrons. The highest BCUT2D eigenvalue weighted by Crippen LogP contribution is 2.26. The topological polar surface area (TPSA) is 84.2 Å².